The van der Waals surface area contributed by atoms with Crippen LogP contribution in [0.3, 0.4) is 0 Å². The summed E-state index contributed by atoms with van der Waals surface area (Å²) in [5.74, 6) is 0. The molecule has 0 unspecified atom stereocenters. The van der Waals surface area contributed by atoms with Crippen LogP contribution < -0.4 is 31.8 Å². The smallest absolute Gasteiger partial charge is 0.129 e. The van der Waals surface area contributed by atoms with Crippen molar-refractivity contribution in [2.24, 2.45) is 0 Å². The summed E-state index contributed by atoms with van der Waals surface area (Å²) in [4.78, 5) is 25.4. The molecule has 0 aromatic heterocycles. The number of thioether (sulfide) groups is 2. The summed E-state index contributed by atoms with van der Waals surface area (Å²) in [5.41, 5.74) is 7.71. The zero-order valence-electron chi connectivity index (χ0n) is 20.8. The van der Waals surface area contributed by atoms with Crippen LogP contribution >= 0.6 is 23.5 Å². The van der Waals surface area contributed by atoms with Crippen LogP contribution in [0.5, 0.6) is 0 Å². The van der Waals surface area contributed by atoms with Crippen LogP contribution in [0, 0.1) is 0 Å². The van der Waals surface area contributed by atoms with E-state index in [2.05, 4.69) is 64.5 Å². The Hall–Kier alpha value is -4.73. The molecule has 4 aromatic carbocycles. The van der Waals surface area contributed by atoms with E-state index < -0.39 is 0 Å². The van der Waals surface area contributed by atoms with E-state index in [0.717, 1.165) is 63.0 Å². The van der Waals surface area contributed by atoms with Gasteiger partial charge in [0.15, 0.2) is 0 Å². The fourth-order valence-corrected chi connectivity index (χ4v) is 6.74. The van der Waals surface area contributed by atoms with Crippen LogP contribution in [0.25, 0.3) is 55.4 Å². The highest BCUT2D eigenvalue weighted by molar-refractivity contribution is 8.08. The van der Waals surface area contributed by atoms with E-state index >= 15 is 0 Å². The van der Waals surface area contributed by atoms with Gasteiger partial charge < -0.3 is 9.68 Å². The highest BCUT2D eigenvalue weighted by atomic mass is 32.2. The second-order valence-electron chi connectivity index (χ2n) is 9.26. The molecule has 0 spiro atoms. The molecule has 4 aromatic rings. The third-order valence-electron chi connectivity index (χ3n) is 6.92. The molecule has 9 heteroatoms. The van der Waals surface area contributed by atoms with Crippen molar-refractivity contribution in [1.82, 2.24) is 25.9 Å². The van der Waals surface area contributed by atoms with E-state index in [1.165, 1.54) is 34.3 Å². The van der Waals surface area contributed by atoms with Crippen LogP contribution in [0.15, 0.2) is 101 Å². The van der Waals surface area contributed by atoms with Gasteiger partial charge in [-0.2, -0.15) is 0 Å². The standard InChI is InChI=1S/C31H19N5O2S2/c1-3-7-21-18(5-1)9-11-23-25(21)16-37-35-29(23)39-27-15-33-28-20(13-32-27)14-34-31(28)40-30-24-12-10-19-6-2-4-8-22(19)26(24)17-38-36-30/h1-17,35-36H. The first kappa shape index (κ1) is 23.2. The molecule has 0 amide bonds. The third-order valence-corrected chi connectivity index (χ3v) is 8.85. The number of nitrogens with zero attached hydrogens (tertiary/aromatic N) is 3. The predicted octanol–water partition coefficient (Wildman–Crippen LogP) is 3.54. The minimum Gasteiger partial charge on any atom is -0.389 e. The van der Waals surface area contributed by atoms with Gasteiger partial charge in [0.05, 0.1) is 6.20 Å². The number of hydroxylamine groups is 2. The van der Waals surface area contributed by atoms with E-state index in [1.54, 1.807) is 24.9 Å². The van der Waals surface area contributed by atoms with Gasteiger partial charge in [-0.25, -0.2) is 20.9 Å². The predicted molar refractivity (Wildman–Crippen MR) is 159 cm³/mol. The fraction of sp³-hybridized carbons (Fsp3) is 0. The Balaban J connectivity index is 1.17. The molecule has 0 radical (unpaired) electrons. The molecule has 0 atom stereocenters. The molecule has 0 saturated heterocycles. The molecule has 0 aliphatic carbocycles. The van der Waals surface area contributed by atoms with Gasteiger partial charge in [-0.05, 0) is 45.1 Å². The van der Waals surface area contributed by atoms with E-state index in [0.29, 0.717) is 0 Å². The van der Waals surface area contributed by atoms with E-state index in [4.69, 9.17) is 19.6 Å². The summed E-state index contributed by atoms with van der Waals surface area (Å²) in [6.07, 6.45) is 8.89. The zero-order chi connectivity index (χ0) is 26.5. The maximum absolute atomic E-state index is 5.63. The van der Waals surface area contributed by atoms with Crippen LogP contribution in [0.1, 0.15) is 0 Å². The largest absolute Gasteiger partial charge is 0.389 e. The quantitative estimate of drug-likeness (QED) is 0.338. The van der Waals surface area contributed by atoms with Gasteiger partial charge in [0.25, 0.3) is 0 Å². The zero-order valence-corrected chi connectivity index (χ0v) is 22.4. The number of benzene rings is 4. The molecule has 4 aliphatic rings. The van der Waals surface area contributed by atoms with E-state index in [1.807, 2.05) is 30.5 Å². The van der Waals surface area contributed by atoms with Crippen molar-refractivity contribution in [2.75, 3.05) is 0 Å². The molecule has 192 valence electrons. The SMILES string of the molecule is C1=c2c(ccc3ccccc23)=C(Sc2cnc3c(SC4=c5ccc6ccccc6c5=CON4)ncc-3cn2)NO1. The van der Waals surface area contributed by atoms with Crippen molar-refractivity contribution < 1.29 is 9.68 Å². The van der Waals surface area contributed by atoms with Crippen LogP contribution in [-0.4, -0.2) is 15.0 Å². The van der Waals surface area contributed by atoms with Gasteiger partial charge in [0.2, 0.25) is 0 Å². The highest BCUT2D eigenvalue weighted by Crippen LogP contribution is 2.34. The van der Waals surface area contributed by atoms with Crippen molar-refractivity contribution in [1.29, 1.82) is 0 Å². The van der Waals surface area contributed by atoms with Crippen molar-refractivity contribution in [2.45, 2.75) is 10.1 Å². The molecule has 40 heavy (non-hydrogen) atoms. The summed E-state index contributed by atoms with van der Waals surface area (Å²) >= 11 is 2.97. The fourth-order valence-electron chi connectivity index (χ4n) is 5.00. The van der Waals surface area contributed by atoms with Gasteiger partial charge in [0.1, 0.15) is 38.3 Å². The van der Waals surface area contributed by atoms with Gasteiger partial charge in [-0.1, -0.05) is 72.8 Å². The number of nitrogens with one attached hydrogen (secondary N) is 2. The number of hydrogen-bond donors (Lipinski definition) is 2. The Morgan fingerprint density at radius 3 is 1.85 bits per heavy atom. The third kappa shape index (κ3) is 3.90. The average molecular weight is 558 g/mol. The van der Waals surface area contributed by atoms with Crippen molar-refractivity contribution in [3.05, 3.63) is 112 Å². The van der Waals surface area contributed by atoms with Gasteiger partial charge in [-0.15, -0.1) is 0 Å². The monoisotopic (exact) mass is 557 g/mol. The molecule has 8 rings (SSSR count). The van der Waals surface area contributed by atoms with Crippen molar-refractivity contribution in [3.63, 3.8) is 0 Å². The molecule has 7 nitrogen and oxygen atoms in total. The first-order chi connectivity index (χ1) is 19.8. The first-order valence-electron chi connectivity index (χ1n) is 12.6. The van der Waals surface area contributed by atoms with Gasteiger partial charge in [-0.3, -0.25) is 4.98 Å². The lowest BCUT2D eigenvalue weighted by molar-refractivity contribution is 0.227. The summed E-state index contributed by atoms with van der Waals surface area (Å²) < 4.78 is 0. The average Bonchev–Trinajstić information content (AvgIpc) is 3.27. The Morgan fingerprint density at radius 1 is 0.575 bits per heavy atom. The van der Waals surface area contributed by atoms with E-state index in [-0.39, 0.29) is 0 Å². The first-order valence-corrected chi connectivity index (χ1v) is 14.2. The summed E-state index contributed by atoms with van der Waals surface area (Å²) in [6.45, 7) is 0. The molecule has 0 saturated carbocycles. The van der Waals surface area contributed by atoms with Crippen molar-refractivity contribution >= 4 is 67.7 Å². The molecule has 4 aliphatic heterocycles. The minimum absolute atomic E-state index is 0.734. The Bertz CT molecular complexity index is 2200. The minimum atomic E-state index is 0.734. The normalized spacial score (nSPS) is 13.8. The lowest BCUT2D eigenvalue weighted by Crippen LogP contribution is -2.35. The molecular weight excluding hydrogens is 539 g/mol. The highest BCUT2D eigenvalue weighted by Gasteiger charge is 2.18. The molecule has 4 heterocycles. The molecule has 2 N–H and O–H groups in total. The molecule has 0 fully saturated rings. The van der Waals surface area contributed by atoms with Crippen LogP contribution in [0.4, 0.5) is 0 Å². The van der Waals surface area contributed by atoms with E-state index in [9.17, 15) is 0 Å². The Kier molecular flexibility index (Phi) is 5.49. The second kappa shape index (κ2) is 9.48. The topological polar surface area (TPSA) is 81.2 Å². The van der Waals surface area contributed by atoms with Crippen LogP contribution in [-0.2, 0) is 9.68 Å². The summed E-state index contributed by atoms with van der Waals surface area (Å²) in [6, 6.07) is 25.0. The Morgan fingerprint density at radius 2 is 1.18 bits per heavy atom. The van der Waals surface area contributed by atoms with Gasteiger partial charge >= 0.3 is 0 Å². The lowest BCUT2D eigenvalue weighted by atomic mass is 10.1. The number of aromatic nitrogens is 3. The van der Waals surface area contributed by atoms with Crippen molar-refractivity contribution in [3.8, 4) is 11.3 Å². The summed E-state index contributed by atoms with van der Waals surface area (Å²) in [7, 11) is 0. The van der Waals surface area contributed by atoms with Gasteiger partial charge in [0, 0.05) is 38.8 Å². The maximum atomic E-state index is 5.63. The Labute approximate surface area is 236 Å². The maximum Gasteiger partial charge on any atom is 0.129 e. The number of hydrogen-bond acceptors (Lipinski definition) is 9. The van der Waals surface area contributed by atoms with Crippen LogP contribution in [0.2, 0.25) is 0 Å². The summed E-state index contributed by atoms with van der Waals surface area (Å²) in [5, 5.41) is 12.0. The number of rotatable bonds is 4. The second-order valence-corrected chi connectivity index (χ2v) is 11.3. The lowest BCUT2D eigenvalue weighted by Gasteiger charge is -2.14. The number of fused-ring (bicyclic) bond motifs is 7. The molecular formula is C31H19N5O2S2. The molecule has 0 bridgehead atoms.